The summed E-state index contributed by atoms with van der Waals surface area (Å²) >= 11 is 11.7. The molecule has 0 radical (unpaired) electrons. The van der Waals surface area contributed by atoms with Crippen LogP contribution in [-0.4, -0.2) is 15.0 Å². The first kappa shape index (κ1) is 19.3. The molecule has 0 aliphatic carbocycles. The number of rotatable bonds is 3. The highest BCUT2D eigenvalue weighted by molar-refractivity contribution is 6.42. The third kappa shape index (κ3) is 4.12. The van der Waals surface area contributed by atoms with Crippen molar-refractivity contribution in [1.82, 2.24) is 15.0 Å². The highest BCUT2D eigenvalue weighted by Crippen LogP contribution is 2.32. The molecule has 0 atom stereocenters. The lowest BCUT2D eigenvalue weighted by Crippen LogP contribution is -2.24. The van der Waals surface area contributed by atoms with Crippen molar-refractivity contribution in [2.75, 3.05) is 0 Å². The Labute approximate surface area is 159 Å². The number of alkyl halides is 3. The number of halogens is 6. The van der Waals surface area contributed by atoms with Gasteiger partial charge in [-0.05, 0) is 29.8 Å². The Morgan fingerprint density at radius 1 is 1.11 bits per heavy atom. The molecule has 0 amide bonds. The van der Waals surface area contributed by atoms with Crippen LogP contribution in [0.2, 0.25) is 10.0 Å². The molecule has 0 fully saturated rings. The second-order valence-electron chi connectivity index (χ2n) is 5.50. The zero-order valence-electron chi connectivity index (χ0n) is 13.2. The summed E-state index contributed by atoms with van der Waals surface area (Å²) in [4.78, 5) is 21.6. The van der Waals surface area contributed by atoms with Crippen LogP contribution in [0.25, 0.3) is 11.5 Å². The van der Waals surface area contributed by atoms with Gasteiger partial charge in [0.25, 0.3) is 5.56 Å². The van der Waals surface area contributed by atoms with E-state index in [0.717, 1.165) is 6.07 Å². The molecule has 0 unspecified atom stereocenters. The minimum absolute atomic E-state index is 0.138. The van der Waals surface area contributed by atoms with Crippen LogP contribution in [0.1, 0.15) is 16.8 Å². The molecular weight excluding hydrogens is 409 g/mol. The molecule has 0 aliphatic rings. The van der Waals surface area contributed by atoms with E-state index in [-0.39, 0.29) is 16.5 Å². The number of hydrogen-bond donors (Lipinski definition) is 1. The molecular formula is C17H9Cl2F4N3O. The Morgan fingerprint density at radius 2 is 1.85 bits per heavy atom. The van der Waals surface area contributed by atoms with E-state index in [1.807, 2.05) is 0 Å². The highest BCUT2D eigenvalue weighted by atomic mass is 35.5. The molecule has 2 aromatic heterocycles. The van der Waals surface area contributed by atoms with Gasteiger partial charge in [0.05, 0.1) is 15.6 Å². The number of nitrogens with zero attached hydrogens (tertiary/aromatic N) is 2. The first-order valence-electron chi connectivity index (χ1n) is 7.42. The summed E-state index contributed by atoms with van der Waals surface area (Å²) in [7, 11) is 0. The molecule has 3 rings (SSSR count). The monoisotopic (exact) mass is 417 g/mol. The minimum Gasteiger partial charge on any atom is -0.305 e. The third-order valence-electron chi connectivity index (χ3n) is 3.63. The molecule has 0 saturated heterocycles. The van der Waals surface area contributed by atoms with Gasteiger partial charge in [-0.25, -0.2) is 14.4 Å². The van der Waals surface area contributed by atoms with Gasteiger partial charge in [0.2, 0.25) is 0 Å². The van der Waals surface area contributed by atoms with E-state index in [2.05, 4.69) is 15.0 Å². The second-order valence-corrected chi connectivity index (χ2v) is 6.31. The summed E-state index contributed by atoms with van der Waals surface area (Å²) in [5.74, 6) is -1.52. The molecule has 140 valence electrons. The fraction of sp³-hybridized carbons (Fsp3) is 0.118. The molecule has 2 heterocycles. The quantitative estimate of drug-likeness (QED) is 0.617. The Hall–Kier alpha value is -2.45. The maximum atomic E-state index is 13.8. The summed E-state index contributed by atoms with van der Waals surface area (Å²) in [5.41, 5.74) is -3.25. The van der Waals surface area contributed by atoms with Gasteiger partial charge >= 0.3 is 6.18 Å². The Bertz CT molecular complexity index is 1070. The number of aromatic nitrogens is 3. The average molecular weight is 418 g/mol. The van der Waals surface area contributed by atoms with E-state index in [1.54, 1.807) is 0 Å². The van der Waals surface area contributed by atoms with Gasteiger partial charge in [-0.3, -0.25) is 4.79 Å². The predicted molar refractivity (Wildman–Crippen MR) is 92.3 cm³/mol. The number of nitrogens with one attached hydrogen (secondary N) is 1. The molecule has 0 bridgehead atoms. The van der Waals surface area contributed by atoms with Gasteiger partial charge in [0.1, 0.15) is 5.69 Å². The second kappa shape index (κ2) is 7.28. The number of aromatic amines is 1. The van der Waals surface area contributed by atoms with Gasteiger partial charge in [0.15, 0.2) is 17.3 Å². The summed E-state index contributed by atoms with van der Waals surface area (Å²) in [5, 5.41) is 0.365. The summed E-state index contributed by atoms with van der Waals surface area (Å²) in [6.45, 7) is 0. The van der Waals surface area contributed by atoms with E-state index in [9.17, 15) is 22.4 Å². The molecule has 0 saturated carbocycles. The number of H-pyrrole nitrogens is 1. The smallest absolute Gasteiger partial charge is 0.305 e. The molecule has 10 heteroatoms. The lowest BCUT2D eigenvalue weighted by Gasteiger charge is -2.13. The minimum atomic E-state index is -4.93. The molecule has 3 aromatic rings. The largest absolute Gasteiger partial charge is 0.433 e. The van der Waals surface area contributed by atoms with Crippen LogP contribution < -0.4 is 5.56 Å². The van der Waals surface area contributed by atoms with Gasteiger partial charge in [0, 0.05) is 12.6 Å². The van der Waals surface area contributed by atoms with Gasteiger partial charge < -0.3 is 4.98 Å². The van der Waals surface area contributed by atoms with Crippen molar-refractivity contribution in [3.8, 4) is 11.5 Å². The number of hydrogen-bond acceptors (Lipinski definition) is 3. The van der Waals surface area contributed by atoms with Crippen LogP contribution in [0.5, 0.6) is 0 Å². The Morgan fingerprint density at radius 3 is 2.48 bits per heavy atom. The van der Waals surface area contributed by atoms with Gasteiger partial charge in [-0.2, -0.15) is 13.2 Å². The Balaban J connectivity index is 2.15. The predicted octanol–water partition coefficient (Wildman–Crippen LogP) is 4.89. The van der Waals surface area contributed by atoms with Crippen molar-refractivity contribution >= 4 is 23.2 Å². The Kier molecular flexibility index (Phi) is 5.21. The van der Waals surface area contributed by atoms with E-state index < -0.39 is 40.3 Å². The van der Waals surface area contributed by atoms with Crippen molar-refractivity contribution in [3.05, 3.63) is 79.6 Å². The molecule has 1 N–H and O–H groups in total. The number of benzene rings is 1. The van der Waals surface area contributed by atoms with E-state index in [4.69, 9.17) is 23.2 Å². The zero-order chi connectivity index (χ0) is 19.8. The molecule has 27 heavy (non-hydrogen) atoms. The van der Waals surface area contributed by atoms with Crippen LogP contribution in [0.4, 0.5) is 17.6 Å². The van der Waals surface area contributed by atoms with Gasteiger partial charge in [-0.1, -0.05) is 29.3 Å². The van der Waals surface area contributed by atoms with E-state index in [1.165, 1.54) is 30.5 Å². The zero-order valence-corrected chi connectivity index (χ0v) is 14.8. The topological polar surface area (TPSA) is 58.6 Å². The molecule has 1 aromatic carbocycles. The summed E-state index contributed by atoms with van der Waals surface area (Å²) in [6, 6.07) is 6.47. The summed E-state index contributed by atoms with van der Waals surface area (Å²) < 4.78 is 54.3. The molecule has 0 spiro atoms. The van der Waals surface area contributed by atoms with Crippen LogP contribution in [0.15, 0.2) is 41.3 Å². The maximum Gasteiger partial charge on any atom is 0.433 e. The van der Waals surface area contributed by atoms with Crippen molar-refractivity contribution < 1.29 is 17.6 Å². The summed E-state index contributed by atoms with van der Waals surface area (Å²) in [6.07, 6.45) is -4.14. The standard InChI is InChI=1S/C17H9Cl2F4N3O/c18-10-4-3-8(7-11(10)19)6-9-14(17(21,22)23)25-15(26-16(9)27)13-12(20)2-1-5-24-13/h1-5,7H,6H2,(H,25,26,27). The molecule has 4 nitrogen and oxygen atoms in total. The fourth-order valence-corrected chi connectivity index (χ4v) is 2.74. The lowest BCUT2D eigenvalue weighted by molar-refractivity contribution is -0.141. The van der Waals surface area contributed by atoms with Crippen LogP contribution >= 0.6 is 23.2 Å². The number of pyridine rings is 1. The van der Waals surface area contributed by atoms with Crippen LogP contribution in [0.3, 0.4) is 0 Å². The first-order valence-corrected chi connectivity index (χ1v) is 8.17. The molecule has 0 aliphatic heterocycles. The van der Waals surface area contributed by atoms with Crippen molar-refractivity contribution in [1.29, 1.82) is 0 Å². The fourth-order valence-electron chi connectivity index (χ4n) is 2.42. The third-order valence-corrected chi connectivity index (χ3v) is 4.37. The normalized spacial score (nSPS) is 11.6. The SMILES string of the molecule is O=c1[nH]c(-c2ncccc2F)nc(C(F)(F)F)c1Cc1ccc(Cl)c(Cl)c1. The van der Waals surface area contributed by atoms with Crippen LogP contribution in [-0.2, 0) is 12.6 Å². The first-order chi connectivity index (χ1) is 12.7. The van der Waals surface area contributed by atoms with E-state index >= 15 is 0 Å². The highest BCUT2D eigenvalue weighted by Gasteiger charge is 2.37. The van der Waals surface area contributed by atoms with Crippen LogP contribution in [0, 0.1) is 5.82 Å². The maximum absolute atomic E-state index is 13.8. The van der Waals surface area contributed by atoms with Crippen molar-refractivity contribution in [2.24, 2.45) is 0 Å². The average Bonchev–Trinajstić information content (AvgIpc) is 2.59. The van der Waals surface area contributed by atoms with Crippen molar-refractivity contribution in [3.63, 3.8) is 0 Å². The van der Waals surface area contributed by atoms with Gasteiger partial charge in [-0.15, -0.1) is 0 Å². The van der Waals surface area contributed by atoms with E-state index in [0.29, 0.717) is 5.56 Å². The van der Waals surface area contributed by atoms with Crippen molar-refractivity contribution in [2.45, 2.75) is 12.6 Å². The lowest BCUT2D eigenvalue weighted by atomic mass is 10.0.